The van der Waals surface area contributed by atoms with Crippen LogP contribution in [0.3, 0.4) is 0 Å². The Morgan fingerprint density at radius 1 is 1.83 bits per heavy atom. The fraction of sp³-hybridized carbons (Fsp3) is 0.667. The zero-order valence-electron chi connectivity index (χ0n) is 7.52. The van der Waals surface area contributed by atoms with Crippen molar-refractivity contribution in [1.82, 2.24) is 10.6 Å². The first-order chi connectivity index (χ1) is 5.68. The molecule has 1 unspecified atom stereocenters. The molecular formula is C9H16N2O. The molecule has 0 aromatic rings. The van der Waals surface area contributed by atoms with Gasteiger partial charge in [-0.2, -0.15) is 0 Å². The highest BCUT2D eigenvalue weighted by molar-refractivity contribution is 5.78. The summed E-state index contributed by atoms with van der Waals surface area (Å²) < 4.78 is 0. The maximum Gasteiger partial charge on any atom is 0.220 e. The van der Waals surface area contributed by atoms with Gasteiger partial charge in [0.25, 0.3) is 0 Å². The van der Waals surface area contributed by atoms with Gasteiger partial charge in [0, 0.05) is 25.6 Å². The van der Waals surface area contributed by atoms with Crippen molar-refractivity contribution in [3.63, 3.8) is 0 Å². The minimum atomic E-state index is 0.178. The number of hydrogen-bond donors (Lipinski definition) is 2. The fourth-order valence-electron chi connectivity index (χ4n) is 1.29. The highest BCUT2D eigenvalue weighted by atomic mass is 16.1. The minimum absolute atomic E-state index is 0.178. The van der Waals surface area contributed by atoms with Crippen LogP contribution in [0.4, 0.5) is 0 Å². The molecule has 2 N–H and O–H groups in total. The third-order valence-electron chi connectivity index (χ3n) is 1.90. The molecule has 1 rings (SSSR count). The van der Waals surface area contributed by atoms with E-state index in [4.69, 9.17) is 0 Å². The lowest BCUT2D eigenvalue weighted by Crippen LogP contribution is -2.36. The van der Waals surface area contributed by atoms with Gasteiger partial charge in [0.2, 0.25) is 5.91 Å². The number of carbonyl (C=O) groups is 1. The molecule has 1 atom stereocenters. The molecule has 1 aliphatic rings. The Kier molecular flexibility index (Phi) is 3.29. The Morgan fingerprint density at radius 3 is 3.08 bits per heavy atom. The second-order valence-corrected chi connectivity index (χ2v) is 3.39. The number of carbonyl (C=O) groups excluding carboxylic acids is 1. The molecule has 1 heterocycles. The maximum absolute atomic E-state index is 10.8. The van der Waals surface area contributed by atoms with E-state index in [2.05, 4.69) is 17.2 Å². The van der Waals surface area contributed by atoms with Gasteiger partial charge >= 0.3 is 0 Å². The van der Waals surface area contributed by atoms with Crippen molar-refractivity contribution in [2.45, 2.75) is 25.8 Å². The Labute approximate surface area is 73.2 Å². The Morgan fingerprint density at radius 2 is 2.58 bits per heavy atom. The molecule has 1 amide bonds. The van der Waals surface area contributed by atoms with E-state index >= 15 is 0 Å². The number of hydrogen-bond acceptors (Lipinski definition) is 2. The highest BCUT2D eigenvalue weighted by Gasteiger charge is 2.19. The van der Waals surface area contributed by atoms with Crippen molar-refractivity contribution in [3.05, 3.63) is 12.2 Å². The van der Waals surface area contributed by atoms with Gasteiger partial charge in [-0.15, -0.1) is 0 Å². The summed E-state index contributed by atoms with van der Waals surface area (Å²) in [6, 6.07) is 0.330. The van der Waals surface area contributed by atoms with Gasteiger partial charge in [-0.05, 0) is 13.3 Å². The SMILES string of the molecule is C=C(C)CNCC1CCC(=O)N1. The third-order valence-corrected chi connectivity index (χ3v) is 1.90. The Hall–Kier alpha value is -0.830. The van der Waals surface area contributed by atoms with Crippen molar-refractivity contribution in [3.8, 4) is 0 Å². The van der Waals surface area contributed by atoms with Crippen LogP contribution in [0.25, 0.3) is 0 Å². The van der Waals surface area contributed by atoms with Gasteiger partial charge < -0.3 is 10.6 Å². The van der Waals surface area contributed by atoms with Crippen LogP contribution >= 0.6 is 0 Å². The molecule has 0 spiro atoms. The third kappa shape index (κ3) is 3.05. The molecule has 0 bridgehead atoms. The van der Waals surface area contributed by atoms with Crippen LogP contribution in [0.1, 0.15) is 19.8 Å². The average Bonchev–Trinajstić information content (AvgIpc) is 2.35. The molecule has 3 nitrogen and oxygen atoms in total. The van der Waals surface area contributed by atoms with Crippen molar-refractivity contribution < 1.29 is 4.79 Å². The van der Waals surface area contributed by atoms with E-state index in [-0.39, 0.29) is 5.91 Å². The van der Waals surface area contributed by atoms with Gasteiger partial charge in [-0.1, -0.05) is 12.2 Å². The lowest BCUT2D eigenvalue weighted by molar-refractivity contribution is -0.119. The molecule has 0 radical (unpaired) electrons. The van der Waals surface area contributed by atoms with E-state index in [0.29, 0.717) is 12.5 Å². The van der Waals surface area contributed by atoms with E-state index < -0.39 is 0 Å². The molecule has 0 saturated carbocycles. The molecule has 0 aliphatic carbocycles. The monoisotopic (exact) mass is 168 g/mol. The van der Waals surface area contributed by atoms with Gasteiger partial charge in [0.15, 0.2) is 0 Å². The van der Waals surface area contributed by atoms with Crippen LogP contribution in [-0.2, 0) is 4.79 Å². The van der Waals surface area contributed by atoms with Crippen LogP contribution in [0, 0.1) is 0 Å². The molecule has 68 valence electrons. The second-order valence-electron chi connectivity index (χ2n) is 3.39. The summed E-state index contributed by atoms with van der Waals surface area (Å²) in [5.41, 5.74) is 1.12. The molecular weight excluding hydrogens is 152 g/mol. The average molecular weight is 168 g/mol. The van der Waals surface area contributed by atoms with Crippen LogP contribution < -0.4 is 10.6 Å². The summed E-state index contributed by atoms with van der Waals surface area (Å²) in [5, 5.41) is 6.13. The smallest absolute Gasteiger partial charge is 0.220 e. The predicted molar refractivity (Wildman–Crippen MR) is 48.8 cm³/mol. The molecule has 1 saturated heterocycles. The summed E-state index contributed by atoms with van der Waals surface area (Å²) >= 11 is 0. The topological polar surface area (TPSA) is 41.1 Å². The maximum atomic E-state index is 10.8. The van der Waals surface area contributed by atoms with Crippen LogP contribution in [-0.4, -0.2) is 25.0 Å². The molecule has 0 aromatic heterocycles. The van der Waals surface area contributed by atoms with E-state index in [0.717, 1.165) is 25.1 Å². The fourth-order valence-corrected chi connectivity index (χ4v) is 1.29. The van der Waals surface area contributed by atoms with Crippen LogP contribution in [0.15, 0.2) is 12.2 Å². The Balaban J connectivity index is 2.08. The van der Waals surface area contributed by atoms with Gasteiger partial charge in [-0.25, -0.2) is 0 Å². The van der Waals surface area contributed by atoms with Crippen LogP contribution in [0.5, 0.6) is 0 Å². The number of amides is 1. The van der Waals surface area contributed by atoms with E-state index in [1.165, 1.54) is 0 Å². The molecule has 0 aromatic carbocycles. The molecule has 1 aliphatic heterocycles. The summed E-state index contributed by atoms with van der Waals surface area (Å²) in [5.74, 6) is 0.178. The predicted octanol–water partition coefficient (Wildman–Crippen LogP) is 0.431. The lowest BCUT2D eigenvalue weighted by atomic mass is 10.2. The number of nitrogens with one attached hydrogen (secondary N) is 2. The quantitative estimate of drug-likeness (QED) is 0.598. The van der Waals surface area contributed by atoms with Crippen molar-refractivity contribution in [1.29, 1.82) is 0 Å². The summed E-state index contributed by atoms with van der Waals surface area (Å²) in [6.07, 6.45) is 1.64. The van der Waals surface area contributed by atoms with Gasteiger partial charge in [-0.3, -0.25) is 4.79 Å². The minimum Gasteiger partial charge on any atom is -0.352 e. The lowest BCUT2D eigenvalue weighted by Gasteiger charge is -2.10. The zero-order chi connectivity index (χ0) is 8.97. The van der Waals surface area contributed by atoms with Gasteiger partial charge in [0.1, 0.15) is 0 Å². The van der Waals surface area contributed by atoms with Gasteiger partial charge in [0.05, 0.1) is 0 Å². The summed E-state index contributed by atoms with van der Waals surface area (Å²) in [4.78, 5) is 10.8. The first-order valence-electron chi connectivity index (χ1n) is 4.33. The first kappa shape index (κ1) is 9.26. The van der Waals surface area contributed by atoms with E-state index in [9.17, 15) is 4.79 Å². The second kappa shape index (κ2) is 4.26. The van der Waals surface area contributed by atoms with Crippen molar-refractivity contribution in [2.24, 2.45) is 0 Å². The molecule has 3 heteroatoms. The standard InChI is InChI=1S/C9H16N2O/c1-7(2)5-10-6-8-3-4-9(12)11-8/h8,10H,1,3-6H2,2H3,(H,11,12). The normalized spacial score (nSPS) is 22.4. The van der Waals surface area contributed by atoms with E-state index in [1.54, 1.807) is 0 Å². The summed E-state index contributed by atoms with van der Waals surface area (Å²) in [7, 11) is 0. The zero-order valence-corrected chi connectivity index (χ0v) is 7.52. The van der Waals surface area contributed by atoms with E-state index in [1.807, 2.05) is 6.92 Å². The van der Waals surface area contributed by atoms with Crippen molar-refractivity contribution >= 4 is 5.91 Å². The first-order valence-corrected chi connectivity index (χ1v) is 4.33. The Bertz CT molecular complexity index is 189. The molecule has 12 heavy (non-hydrogen) atoms. The highest BCUT2D eigenvalue weighted by Crippen LogP contribution is 2.04. The molecule has 1 fully saturated rings. The van der Waals surface area contributed by atoms with Crippen LogP contribution in [0.2, 0.25) is 0 Å². The number of rotatable bonds is 4. The van der Waals surface area contributed by atoms with Crippen molar-refractivity contribution in [2.75, 3.05) is 13.1 Å². The largest absolute Gasteiger partial charge is 0.352 e. The summed E-state index contributed by atoms with van der Waals surface area (Å²) in [6.45, 7) is 7.47.